The van der Waals surface area contributed by atoms with Crippen molar-refractivity contribution in [1.82, 2.24) is 4.90 Å². The molecule has 1 heterocycles. The molecule has 3 rings (SSSR count). The molecule has 5 heteroatoms. The van der Waals surface area contributed by atoms with Crippen LogP contribution >= 0.6 is 0 Å². The van der Waals surface area contributed by atoms with E-state index in [4.69, 9.17) is 0 Å². The van der Waals surface area contributed by atoms with E-state index in [2.05, 4.69) is 0 Å². The summed E-state index contributed by atoms with van der Waals surface area (Å²) in [7, 11) is 0. The van der Waals surface area contributed by atoms with Crippen LogP contribution in [0.25, 0.3) is 0 Å². The number of amides is 2. The molecule has 24 heavy (non-hydrogen) atoms. The molecule has 1 aliphatic heterocycles. The summed E-state index contributed by atoms with van der Waals surface area (Å²) in [5.74, 6) is -3.13. The van der Waals surface area contributed by atoms with Crippen molar-refractivity contribution in [3.63, 3.8) is 0 Å². The first kappa shape index (κ1) is 16.4. The van der Waals surface area contributed by atoms with E-state index in [9.17, 15) is 19.5 Å². The first-order valence-corrected chi connectivity index (χ1v) is 8.19. The Morgan fingerprint density at radius 1 is 1.25 bits per heavy atom. The maximum Gasteiger partial charge on any atom is 0.234 e. The van der Waals surface area contributed by atoms with Crippen molar-refractivity contribution < 1.29 is 19.5 Å². The maximum absolute atomic E-state index is 12.8. The Balaban J connectivity index is 1.91. The number of hydrogen-bond acceptors (Lipinski definition) is 4. The van der Waals surface area contributed by atoms with E-state index >= 15 is 0 Å². The summed E-state index contributed by atoms with van der Waals surface area (Å²) in [5.41, 5.74) is 1.82. The fourth-order valence-electron chi connectivity index (χ4n) is 3.97. The minimum Gasteiger partial charge on any atom is -0.548 e. The van der Waals surface area contributed by atoms with E-state index in [1.807, 2.05) is 26.0 Å². The number of carboxylic acids is 1. The molecule has 126 valence electrons. The molecule has 5 nitrogen and oxygen atoms in total. The molecule has 0 N–H and O–H groups in total. The zero-order valence-corrected chi connectivity index (χ0v) is 13.8. The summed E-state index contributed by atoms with van der Waals surface area (Å²) in [4.78, 5) is 38.2. The van der Waals surface area contributed by atoms with Crippen LogP contribution < -0.4 is 5.11 Å². The van der Waals surface area contributed by atoms with Gasteiger partial charge in [-0.3, -0.25) is 14.5 Å². The molecule has 0 unspecified atom stereocenters. The monoisotopic (exact) mass is 326 g/mol. The van der Waals surface area contributed by atoms with Gasteiger partial charge in [0, 0.05) is 0 Å². The second-order valence-electron chi connectivity index (χ2n) is 6.78. The fourth-order valence-corrected chi connectivity index (χ4v) is 3.97. The van der Waals surface area contributed by atoms with Gasteiger partial charge in [-0.1, -0.05) is 48.9 Å². The highest BCUT2D eigenvalue weighted by molar-refractivity contribution is 6.08. The standard InChI is InChI=1S/C19H21NO4/c1-11-8-12(2)16-14(9-11)17(21)20(18(16)22)15(19(23)24)10-13-6-4-3-5-7-13/h3-8,12,14-16H,9-10H2,1-2H3,(H,23,24)/p-1/t12-,14-,15-,16+/m0/s1. The number of imide groups is 1. The van der Waals surface area contributed by atoms with Gasteiger partial charge in [0.05, 0.1) is 23.8 Å². The van der Waals surface area contributed by atoms with Crippen molar-refractivity contribution in [2.75, 3.05) is 0 Å². The number of hydrogen-bond donors (Lipinski definition) is 0. The summed E-state index contributed by atoms with van der Waals surface area (Å²) in [6, 6.07) is 7.72. The molecule has 0 saturated carbocycles. The van der Waals surface area contributed by atoms with Gasteiger partial charge < -0.3 is 9.90 Å². The topological polar surface area (TPSA) is 77.5 Å². The fraction of sp³-hybridized carbons (Fsp3) is 0.421. The third-order valence-corrected chi connectivity index (χ3v) is 5.02. The van der Waals surface area contributed by atoms with Gasteiger partial charge in [-0.15, -0.1) is 0 Å². The van der Waals surface area contributed by atoms with E-state index in [1.54, 1.807) is 24.3 Å². The van der Waals surface area contributed by atoms with Crippen LogP contribution in [-0.2, 0) is 20.8 Å². The van der Waals surface area contributed by atoms with Crippen LogP contribution in [0, 0.1) is 17.8 Å². The Morgan fingerprint density at radius 2 is 1.92 bits per heavy atom. The van der Waals surface area contributed by atoms with Crippen molar-refractivity contribution >= 4 is 17.8 Å². The van der Waals surface area contributed by atoms with Gasteiger partial charge in [-0.2, -0.15) is 0 Å². The maximum atomic E-state index is 12.8. The average molecular weight is 326 g/mol. The highest BCUT2D eigenvalue weighted by atomic mass is 16.4. The van der Waals surface area contributed by atoms with Crippen molar-refractivity contribution in [1.29, 1.82) is 0 Å². The van der Waals surface area contributed by atoms with Crippen LogP contribution in [0.5, 0.6) is 0 Å². The predicted octanol–water partition coefficient (Wildman–Crippen LogP) is 0.935. The number of fused-ring (bicyclic) bond motifs is 1. The molecule has 0 radical (unpaired) electrons. The Morgan fingerprint density at radius 3 is 2.54 bits per heavy atom. The van der Waals surface area contributed by atoms with Gasteiger partial charge in [0.2, 0.25) is 11.8 Å². The molecular weight excluding hydrogens is 306 g/mol. The first-order valence-electron chi connectivity index (χ1n) is 8.19. The smallest absolute Gasteiger partial charge is 0.234 e. The van der Waals surface area contributed by atoms with Gasteiger partial charge in [-0.25, -0.2) is 0 Å². The van der Waals surface area contributed by atoms with Crippen LogP contribution in [-0.4, -0.2) is 28.7 Å². The highest BCUT2D eigenvalue weighted by Crippen LogP contribution is 2.41. The number of allylic oxidation sites excluding steroid dienone is 2. The number of carbonyl (C=O) groups excluding carboxylic acids is 3. The summed E-state index contributed by atoms with van der Waals surface area (Å²) in [6.07, 6.45) is 2.59. The van der Waals surface area contributed by atoms with Gasteiger partial charge in [-0.05, 0) is 31.2 Å². The predicted molar refractivity (Wildman–Crippen MR) is 85.3 cm³/mol. The second-order valence-corrected chi connectivity index (χ2v) is 6.78. The van der Waals surface area contributed by atoms with Gasteiger partial charge in [0.25, 0.3) is 0 Å². The normalized spacial score (nSPS) is 27.7. The highest BCUT2D eigenvalue weighted by Gasteiger charge is 2.52. The summed E-state index contributed by atoms with van der Waals surface area (Å²) in [5, 5.41) is 11.7. The number of carboxylic acid groups (broad SMARTS) is 1. The third-order valence-electron chi connectivity index (χ3n) is 5.02. The second kappa shape index (κ2) is 6.23. The third kappa shape index (κ3) is 2.75. The van der Waals surface area contributed by atoms with Crippen molar-refractivity contribution in [3.05, 3.63) is 47.5 Å². The lowest BCUT2D eigenvalue weighted by atomic mass is 9.76. The molecule has 1 aromatic carbocycles. The molecule has 2 aliphatic rings. The largest absolute Gasteiger partial charge is 0.548 e. The summed E-state index contributed by atoms with van der Waals surface area (Å²) < 4.78 is 0. The van der Waals surface area contributed by atoms with Crippen LogP contribution in [0.4, 0.5) is 0 Å². The zero-order valence-electron chi connectivity index (χ0n) is 13.8. The van der Waals surface area contributed by atoms with Gasteiger partial charge >= 0.3 is 0 Å². The summed E-state index contributed by atoms with van der Waals surface area (Å²) >= 11 is 0. The van der Waals surface area contributed by atoms with Crippen molar-refractivity contribution in [2.24, 2.45) is 17.8 Å². The quantitative estimate of drug-likeness (QED) is 0.609. The van der Waals surface area contributed by atoms with E-state index < -0.39 is 23.8 Å². The molecule has 0 bridgehead atoms. The van der Waals surface area contributed by atoms with Gasteiger partial charge in [0.15, 0.2) is 0 Å². The van der Waals surface area contributed by atoms with Crippen molar-refractivity contribution in [2.45, 2.75) is 32.7 Å². The average Bonchev–Trinajstić information content (AvgIpc) is 2.77. The number of rotatable bonds is 4. The molecule has 2 amide bonds. The minimum atomic E-state index is -1.39. The first-order chi connectivity index (χ1) is 11.4. The lowest BCUT2D eigenvalue weighted by Crippen LogP contribution is -2.52. The SMILES string of the molecule is CC1=C[C@H](C)[C@H]2C(=O)N([C@@H](Cc3ccccc3)C(=O)[O-])C(=O)[C@H]2C1. The molecule has 0 aromatic heterocycles. The Hall–Kier alpha value is -2.43. The lowest BCUT2D eigenvalue weighted by Gasteiger charge is -2.28. The van der Waals surface area contributed by atoms with E-state index in [0.717, 1.165) is 16.0 Å². The molecule has 4 atom stereocenters. The summed E-state index contributed by atoms with van der Waals surface area (Å²) in [6.45, 7) is 3.84. The van der Waals surface area contributed by atoms with Gasteiger partial charge in [0.1, 0.15) is 0 Å². The Labute approximate surface area is 141 Å². The van der Waals surface area contributed by atoms with Crippen LogP contribution in [0.3, 0.4) is 0 Å². The molecule has 1 fully saturated rings. The zero-order chi connectivity index (χ0) is 17.4. The number of aliphatic carboxylic acids is 1. The molecule has 1 saturated heterocycles. The Kier molecular flexibility index (Phi) is 4.26. The number of nitrogens with zero attached hydrogens (tertiary/aromatic N) is 1. The number of benzene rings is 1. The van der Waals surface area contributed by atoms with Crippen LogP contribution in [0.1, 0.15) is 25.8 Å². The Bertz CT molecular complexity index is 709. The molecule has 0 spiro atoms. The van der Waals surface area contributed by atoms with Crippen LogP contribution in [0.15, 0.2) is 42.0 Å². The van der Waals surface area contributed by atoms with E-state index in [1.165, 1.54) is 0 Å². The van der Waals surface area contributed by atoms with E-state index in [-0.39, 0.29) is 24.2 Å². The molecule has 1 aromatic rings. The number of carbonyl (C=O) groups is 3. The van der Waals surface area contributed by atoms with Crippen LogP contribution in [0.2, 0.25) is 0 Å². The lowest BCUT2D eigenvalue weighted by molar-refractivity contribution is -0.310. The molecular formula is C19H20NO4-. The minimum absolute atomic E-state index is 0.0654. The number of likely N-dealkylation sites (tertiary alicyclic amines) is 1. The molecule has 1 aliphatic carbocycles. The van der Waals surface area contributed by atoms with Crippen molar-refractivity contribution in [3.8, 4) is 0 Å². The van der Waals surface area contributed by atoms with E-state index in [0.29, 0.717) is 6.42 Å².